The fourth-order valence-corrected chi connectivity index (χ4v) is 3.30. The van der Waals surface area contributed by atoms with Gasteiger partial charge in [-0.2, -0.15) is 11.3 Å². The smallest absolute Gasteiger partial charge is 0.225 e. The highest BCUT2D eigenvalue weighted by Gasteiger charge is 2.34. The van der Waals surface area contributed by atoms with Crippen molar-refractivity contribution in [2.75, 3.05) is 13.1 Å². The number of likely N-dealkylation sites (tertiary alicyclic amines) is 1. The molecule has 0 unspecified atom stereocenters. The lowest BCUT2D eigenvalue weighted by Crippen LogP contribution is -2.34. The molecule has 0 aliphatic carbocycles. The average Bonchev–Trinajstić information content (AvgIpc) is 3.23. The summed E-state index contributed by atoms with van der Waals surface area (Å²) in [6.07, 6.45) is 2.70. The average molecular weight is 318 g/mol. The molecule has 1 aliphatic heterocycles. The van der Waals surface area contributed by atoms with Crippen molar-refractivity contribution in [2.45, 2.75) is 19.4 Å². The van der Waals surface area contributed by atoms with Gasteiger partial charge < -0.3 is 14.6 Å². The Hall–Kier alpha value is -2.08. The Labute approximate surface area is 132 Å². The van der Waals surface area contributed by atoms with Gasteiger partial charge in [0.05, 0.1) is 18.7 Å². The van der Waals surface area contributed by atoms with Crippen LogP contribution in [0.3, 0.4) is 0 Å². The van der Waals surface area contributed by atoms with Crippen LogP contribution in [0, 0.1) is 5.92 Å². The lowest BCUT2D eigenvalue weighted by Gasteiger charge is -2.15. The van der Waals surface area contributed by atoms with Crippen molar-refractivity contribution in [3.63, 3.8) is 0 Å². The molecule has 0 bridgehead atoms. The molecule has 0 aromatic carbocycles. The molecule has 2 aromatic rings. The number of carbonyl (C=O) groups excluding carboxylic acids is 2. The highest BCUT2D eigenvalue weighted by atomic mass is 32.1. The van der Waals surface area contributed by atoms with Crippen molar-refractivity contribution in [1.29, 1.82) is 0 Å². The van der Waals surface area contributed by atoms with E-state index in [4.69, 9.17) is 4.42 Å². The Balaban J connectivity index is 1.46. The van der Waals surface area contributed by atoms with Crippen LogP contribution in [0.1, 0.15) is 17.7 Å². The fraction of sp³-hybridized carbons (Fsp3) is 0.375. The maximum absolute atomic E-state index is 12.2. The molecule has 0 radical (unpaired) electrons. The Morgan fingerprint density at radius 1 is 1.45 bits per heavy atom. The molecule has 22 heavy (non-hydrogen) atoms. The first-order chi connectivity index (χ1) is 10.7. The predicted octanol–water partition coefficient (Wildman–Crippen LogP) is 2.05. The number of amides is 2. The van der Waals surface area contributed by atoms with Gasteiger partial charge in [0.2, 0.25) is 11.8 Å². The molecule has 5 nitrogen and oxygen atoms in total. The zero-order valence-corrected chi connectivity index (χ0v) is 13.0. The monoisotopic (exact) mass is 318 g/mol. The van der Waals surface area contributed by atoms with Crippen LogP contribution in [0.5, 0.6) is 0 Å². The van der Waals surface area contributed by atoms with Gasteiger partial charge in [-0.25, -0.2) is 0 Å². The molecule has 1 saturated heterocycles. The van der Waals surface area contributed by atoms with Crippen LogP contribution in [-0.2, 0) is 22.6 Å². The second-order valence-corrected chi connectivity index (χ2v) is 6.21. The zero-order chi connectivity index (χ0) is 15.4. The Kier molecular flexibility index (Phi) is 4.58. The van der Waals surface area contributed by atoms with Crippen molar-refractivity contribution in [1.82, 2.24) is 10.2 Å². The Bertz CT molecular complexity index is 622. The van der Waals surface area contributed by atoms with E-state index in [1.165, 1.54) is 5.56 Å². The van der Waals surface area contributed by atoms with E-state index in [1.807, 2.05) is 11.4 Å². The molecule has 1 N–H and O–H groups in total. The van der Waals surface area contributed by atoms with Gasteiger partial charge in [-0.3, -0.25) is 9.59 Å². The minimum atomic E-state index is -0.259. The van der Waals surface area contributed by atoms with E-state index in [0.29, 0.717) is 19.6 Å². The molecular weight excluding hydrogens is 300 g/mol. The van der Waals surface area contributed by atoms with E-state index in [9.17, 15) is 9.59 Å². The summed E-state index contributed by atoms with van der Waals surface area (Å²) in [7, 11) is 0. The number of nitrogens with zero attached hydrogens (tertiary/aromatic N) is 1. The SMILES string of the molecule is O=C(NCCc1ccsc1)[C@H]1CC(=O)N(Cc2ccco2)C1. The summed E-state index contributed by atoms with van der Waals surface area (Å²) < 4.78 is 5.25. The molecule has 0 saturated carbocycles. The van der Waals surface area contributed by atoms with Crippen molar-refractivity contribution in [2.24, 2.45) is 5.92 Å². The fourth-order valence-electron chi connectivity index (χ4n) is 2.60. The third kappa shape index (κ3) is 3.57. The quantitative estimate of drug-likeness (QED) is 0.886. The van der Waals surface area contributed by atoms with Crippen LogP contribution >= 0.6 is 11.3 Å². The number of thiophene rings is 1. The lowest BCUT2D eigenvalue weighted by molar-refractivity contribution is -0.129. The van der Waals surface area contributed by atoms with Gasteiger partial charge in [0.1, 0.15) is 5.76 Å². The topological polar surface area (TPSA) is 62.6 Å². The maximum Gasteiger partial charge on any atom is 0.225 e. The van der Waals surface area contributed by atoms with Crippen LogP contribution in [-0.4, -0.2) is 29.8 Å². The van der Waals surface area contributed by atoms with Crippen LogP contribution in [0.25, 0.3) is 0 Å². The summed E-state index contributed by atoms with van der Waals surface area (Å²) in [6.45, 7) is 1.51. The van der Waals surface area contributed by atoms with Crippen molar-refractivity contribution < 1.29 is 14.0 Å². The summed E-state index contributed by atoms with van der Waals surface area (Å²) in [5.41, 5.74) is 1.23. The van der Waals surface area contributed by atoms with Gasteiger partial charge in [-0.15, -0.1) is 0 Å². The molecular formula is C16H18N2O3S. The van der Waals surface area contributed by atoms with Gasteiger partial charge in [-0.1, -0.05) is 0 Å². The minimum Gasteiger partial charge on any atom is -0.467 e. The van der Waals surface area contributed by atoms with Gasteiger partial charge in [0.15, 0.2) is 0 Å². The van der Waals surface area contributed by atoms with E-state index in [1.54, 1.807) is 28.6 Å². The first kappa shape index (κ1) is 14.8. The van der Waals surface area contributed by atoms with E-state index in [2.05, 4.69) is 16.8 Å². The summed E-state index contributed by atoms with van der Waals surface area (Å²) in [4.78, 5) is 25.8. The first-order valence-electron chi connectivity index (χ1n) is 7.31. The number of carbonyl (C=O) groups is 2. The summed E-state index contributed by atoms with van der Waals surface area (Å²) >= 11 is 1.65. The van der Waals surface area contributed by atoms with Crippen molar-refractivity contribution >= 4 is 23.2 Å². The van der Waals surface area contributed by atoms with Gasteiger partial charge in [0.25, 0.3) is 0 Å². The predicted molar refractivity (Wildman–Crippen MR) is 83.3 cm³/mol. The molecule has 2 aromatic heterocycles. The lowest BCUT2D eigenvalue weighted by atomic mass is 10.1. The molecule has 3 heterocycles. The van der Waals surface area contributed by atoms with Crippen molar-refractivity contribution in [3.05, 3.63) is 46.5 Å². The van der Waals surface area contributed by atoms with Crippen LogP contribution in [0.2, 0.25) is 0 Å². The second kappa shape index (κ2) is 6.79. The third-order valence-electron chi connectivity index (χ3n) is 3.81. The van der Waals surface area contributed by atoms with Gasteiger partial charge in [0, 0.05) is 19.5 Å². The first-order valence-corrected chi connectivity index (χ1v) is 8.25. The molecule has 6 heteroatoms. The molecule has 0 spiro atoms. The Morgan fingerprint density at radius 3 is 3.09 bits per heavy atom. The minimum absolute atomic E-state index is 0.00869. The van der Waals surface area contributed by atoms with Crippen LogP contribution < -0.4 is 5.32 Å². The number of furan rings is 1. The van der Waals surface area contributed by atoms with Crippen molar-refractivity contribution in [3.8, 4) is 0 Å². The summed E-state index contributed by atoms with van der Waals surface area (Å²) in [6, 6.07) is 5.69. The van der Waals surface area contributed by atoms with E-state index in [0.717, 1.165) is 12.2 Å². The largest absolute Gasteiger partial charge is 0.467 e. The van der Waals surface area contributed by atoms with Gasteiger partial charge in [-0.05, 0) is 40.9 Å². The molecule has 1 aliphatic rings. The number of nitrogens with one attached hydrogen (secondary N) is 1. The van der Waals surface area contributed by atoms with E-state index in [-0.39, 0.29) is 24.2 Å². The van der Waals surface area contributed by atoms with Crippen LogP contribution in [0.4, 0.5) is 0 Å². The normalized spacial score (nSPS) is 17.9. The van der Waals surface area contributed by atoms with E-state index >= 15 is 0 Å². The second-order valence-electron chi connectivity index (χ2n) is 5.43. The standard InChI is InChI=1S/C16H18N2O3S/c19-15-8-13(9-18(15)10-14-2-1-6-21-14)16(20)17-5-3-12-4-7-22-11-12/h1-2,4,6-7,11,13H,3,5,8-10H2,(H,17,20)/t13-/m0/s1. The number of rotatable bonds is 6. The van der Waals surface area contributed by atoms with Gasteiger partial charge >= 0.3 is 0 Å². The molecule has 1 atom stereocenters. The highest BCUT2D eigenvalue weighted by Crippen LogP contribution is 2.20. The molecule has 1 fully saturated rings. The number of hydrogen-bond donors (Lipinski definition) is 1. The third-order valence-corrected chi connectivity index (χ3v) is 4.54. The molecule has 2 amide bonds. The summed E-state index contributed by atoms with van der Waals surface area (Å²) in [5.74, 6) is 0.455. The zero-order valence-electron chi connectivity index (χ0n) is 12.2. The molecule has 3 rings (SSSR count). The Morgan fingerprint density at radius 2 is 2.36 bits per heavy atom. The molecule has 116 valence electrons. The summed E-state index contributed by atoms with van der Waals surface area (Å²) in [5, 5.41) is 7.03. The van der Waals surface area contributed by atoms with E-state index < -0.39 is 0 Å². The highest BCUT2D eigenvalue weighted by molar-refractivity contribution is 7.07. The maximum atomic E-state index is 12.2. The number of hydrogen-bond acceptors (Lipinski definition) is 4. The van der Waals surface area contributed by atoms with Crippen LogP contribution in [0.15, 0.2) is 39.6 Å².